The van der Waals surface area contributed by atoms with E-state index < -0.39 is 0 Å². The molecular weight excluding hydrogens is 420 g/mol. The highest BCUT2D eigenvalue weighted by Crippen LogP contribution is 2.35. The summed E-state index contributed by atoms with van der Waals surface area (Å²) in [4.78, 5) is 12.3. The number of aromatic nitrogens is 2. The van der Waals surface area contributed by atoms with Crippen LogP contribution in [0.3, 0.4) is 0 Å². The quantitative estimate of drug-likeness (QED) is 0.478. The van der Waals surface area contributed by atoms with E-state index in [1.54, 1.807) is 6.33 Å². The van der Waals surface area contributed by atoms with Crippen molar-refractivity contribution >= 4 is 16.9 Å². The Labute approximate surface area is 201 Å². The summed E-state index contributed by atoms with van der Waals surface area (Å²) in [5.74, 6) is 3.22. The molecule has 0 saturated heterocycles. The SMILES string of the molecule is CC1=C/C(=C\C2CCOc3ccc(-c4ccc5nc[nH]c5c4)cc3CC2C)N=C(N)C(C)C1C. The number of imidazole rings is 1. The molecule has 1 aromatic heterocycles. The zero-order chi connectivity index (χ0) is 23.8. The van der Waals surface area contributed by atoms with Gasteiger partial charge in [-0.2, -0.15) is 0 Å². The van der Waals surface area contributed by atoms with Crippen LogP contribution in [0.5, 0.6) is 5.75 Å². The largest absolute Gasteiger partial charge is 0.493 e. The summed E-state index contributed by atoms with van der Waals surface area (Å²) < 4.78 is 6.22. The minimum atomic E-state index is 0.256. The highest BCUT2D eigenvalue weighted by Gasteiger charge is 2.24. The van der Waals surface area contributed by atoms with Crippen molar-refractivity contribution in [1.82, 2.24) is 9.97 Å². The molecule has 0 amide bonds. The van der Waals surface area contributed by atoms with Crippen LogP contribution in [0.2, 0.25) is 0 Å². The van der Waals surface area contributed by atoms with Crippen LogP contribution in [0.15, 0.2) is 71.1 Å². The van der Waals surface area contributed by atoms with Crippen LogP contribution in [0.4, 0.5) is 0 Å². The molecule has 176 valence electrons. The molecule has 0 bridgehead atoms. The third-order valence-electron chi connectivity index (χ3n) is 7.75. The zero-order valence-corrected chi connectivity index (χ0v) is 20.5. The van der Waals surface area contributed by atoms with Gasteiger partial charge in [0.05, 0.1) is 29.7 Å². The number of H-pyrrole nitrogens is 1. The number of aromatic amines is 1. The van der Waals surface area contributed by atoms with Crippen LogP contribution in [-0.2, 0) is 6.42 Å². The molecule has 0 aliphatic carbocycles. The minimum Gasteiger partial charge on any atom is -0.493 e. The average molecular weight is 455 g/mol. The smallest absolute Gasteiger partial charge is 0.122 e. The molecule has 3 aromatic rings. The minimum absolute atomic E-state index is 0.256. The van der Waals surface area contributed by atoms with E-state index in [1.165, 1.54) is 22.3 Å². The predicted molar refractivity (Wildman–Crippen MR) is 140 cm³/mol. The summed E-state index contributed by atoms with van der Waals surface area (Å²) in [7, 11) is 0. The molecule has 5 nitrogen and oxygen atoms in total. The molecule has 2 aromatic carbocycles. The van der Waals surface area contributed by atoms with E-state index in [9.17, 15) is 0 Å². The maximum atomic E-state index is 6.32. The first-order valence-corrected chi connectivity index (χ1v) is 12.3. The second-order valence-electron chi connectivity index (χ2n) is 10.0. The number of hydrogen-bond acceptors (Lipinski definition) is 4. The number of nitrogens with two attached hydrogens (primary N) is 1. The van der Waals surface area contributed by atoms with Gasteiger partial charge in [0.15, 0.2) is 0 Å². The molecule has 0 fully saturated rings. The number of fused-ring (bicyclic) bond motifs is 2. The molecule has 2 aliphatic heterocycles. The Morgan fingerprint density at radius 1 is 1.06 bits per heavy atom. The summed E-state index contributed by atoms with van der Waals surface area (Å²) in [5, 5.41) is 0. The van der Waals surface area contributed by atoms with Gasteiger partial charge in [0.1, 0.15) is 11.6 Å². The Kier molecular flexibility index (Phi) is 6.03. The predicted octanol–water partition coefficient (Wildman–Crippen LogP) is 6.28. The van der Waals surface area contributed by atoms with E-state index in [4.69, 9.17) is 15.5 Å². The maximum Gasteiger partial charge on any atom is 0.122 e. The number of benzene rings is 2. The molecule has 0 saturated carbocycles. The summed E-state index contributed by atoms with van der Waals surface area (Å²) in [6, 6.07) is 12.9. The van der Waals surface area contributed by atoms with Crippen molar-refractivity contribution in [3.63, 3.8) is 0 Å². The molecule has 3 N–H and O–H groups in total. The van der Waals surface area contributed by atoms with Gasteiger partial charge in [-0.05, 0) is 84.6 Å². The van der Waals surface area contributed by atoms with E-state index in [0.29, 0.717) is 24.4 Å². The van der Waals surface area contributed by atoms with Crippen LogP contribution >= 0.6 is 0 Å². The van der Waals surface area contributed by atoms with E-state index >= 15 is 0 Å². The van der Waals surface area contributed by atoms with Gasteiger partial charge in [0.25, 0.3) is 0 Å². The van der Waals surface area contributed by atoms with Crippen LogP contribution in [0, 0.1) is 23.7 Å². The van der Waals surface area contributed by atoms with Crippen LogP contribution < -0.4 is 10.5 Å². The second kappa shape index (κ2) is 9.13. The van der Waals surface area contributed by atoms with E-state index in [2.05, 4.69) is 86.2 Å². The lowest BCUT2D eigenvalue weighted by atomic mass is 9.83. The molecule has 3 heterocycles. The average Bonchev–Trinajstić information content (AvgIpc) is 3.26. The fourth-order valence-corrected chi connectivity index (χ4v) is 5.11. The Balaban J connectivity index is 1.43. The summed E-state index contributed by atoms with van der Waals surface area (Å²) in [5.41, 5.74) is 14.3. The molecule has 4 unspecified atom stereocenters. The molecule has 0 radical (unpaired) electrons. The van der Waals surface area contributed by atoms with Crippen LogP contribution in [-0.4, -0.2) is 22.4 Å². The van der Waals surface area contributed by atoms with Gasteiger partial charge in [-0.1, -0.05) is 44.6 Å². The molecule has 5 rings (SSSR count). The number of amidine groups is 1. The summed E-state index contributed by atoms with van der Waals surface area (Å²) in [6.07, 6.45) is 8.19. The van der Waals surface area contributed by atoms with Gasteiger partial charge >= 0.3 is 0 Å². The van der Waals surface area contributed by atoms with Gasteiger partial charge < -0.3 is 15.5 Å². The molecule has 4 atom stereocenters. The monoisotopic (exact) mass is 454 g/mol. The molecule has 0 spiro atoms. The summed E-state index contributed by atoms with van der Waals surface area (Å²) in [6.45, 7) is 9.61. The van der Waals surface area contributed by atoms with Crippen molar-refractivity contribution in [2.24, 2.45) is 34.4 Å². The van der Waals surface area contributed by atoms with Crippen LogP contribution in [0.1, 0.15) is 39.7 Å². The lowest BCUT2D eigenvalue weighted by Gasteiger charge is -2.26. The number of nitrogens with zero attached hydrogens (tertiary/aromatic N) is 2. The van der Waals surface area contributed by atoms with Gasteiger partial charge in [0, 0.05) is 5.92 Å². The van der Waals surface area contributed by atoms with E-state index in [-0.39, 0.29) is 5.92 Å². The number of hydrogen-bond donors (Lipinski definition) is 2. The first-order chi connectivity index (χ1) is 16.4. The van der Waals surface area contributed by atoms with E-state index in [1.807, 2.05) is 0 Å². The third-order valence-corrected chi connectivity index (χ3v) is 7.75. The van der Waals surface area contributed by atoms with Crippen LogP contribution in [0.25, 0.3) is 22.2 Å². The fraction of sp³-hybridized carbons (Fsp3) is 0.379. The molecule has 2 aliphatic rings. The third kappa shape index (κ3) is 4.39. The van der Waals surface area contributed by atoms with Crippen molar-refractivity contribution in [1.29, 1.82) is 0 Å². The zero-order valence-electron chi connectivity index (χ0n) is 20.5. The number of ether oxygens (including phenoxy) is 1. The Bertz CT molecular complexity index is 1270. The van der Waals surface area contributed by atoms with Crippen molar-refractivity contribution in [2.75, 3.05) is 6.61 Å². The number of allylic oxidation sites excluding steroid dienone is 3. The van der Waals surface area contributed by atoms with Crippen molar-refractivity contribution < 1.29 is 4.74 Å². The maximum absolute atomic E-state index is 6.32. The molecule has 34 heavy (non-hydrogen) atoms. The highest BCUT2D eigenvalue weighted by atomic mass is 16.5. The van der Waals surface area contributed by atoms with Gasteiger partial charge in [0.2, 0.25) is 0 Å². The number of aliphatic imine (C=N–C) groups is 1. The van der Waals surface area contributed by atoms with Gasteiger partial charge in [-0.25, -0.2) is 9.98 Å². The lowest BCUT2D eigenvalue weighted by Crippen LogP contribution is -2.26. The second-order valence-corrected chi connectivity index (χ2v) is 10.0. The standard InChI is InChI=1S/C29H34N4O/c1-17-12-25(33-29(30)20(4)19(17)3)14-21-9-10-34-28-8-6-22(13-24(28)11-18(21)2)23-5-7-26-27(15-23)32-16-31-26/h5-8,12-16,18-21H,9-11H2,1-4H3,(H2,30,33)(H,31,32)/b25-14+. The number of nitrogens with one attached hydrogen (secondary N) is 1. The normalized spacial score (nSPS) is 26.6. The fourth-order valence-electron chi connectivity index (χ4n) is 5.11. The molecular formula is C29H34N4O. The first kappa shape index (κ1) is 22.5. The lowest BCUT2D eigenvalue weighted by molar-refractivity contribution is 0.247. The van der Waals surface area contributed by atoms with Crippen molar-refractivity contribution in [2.45, 2.75) is 40.5 Å². The number of rotatable bonds is 2. The van der Waals surface area contributed by atoms with Gasteiger partial charge in [-0.15, -0.1) is 0 Å². The summed E-state index contributed by atoms with van der Waals surface area (Å²) >= 11 is 0. The van der Waals surface area contributed by atoms with E-state index in [0.717, 1.165) is 41.2 Å². The van der Waals surface area contributed by atoms with Crippen molar-refractivity contribution in [3.8, 4) is 16.9 Å². The molecule has 5 heteroatoms. The first-order valence-electron chi connectivity index (χ1n) is 12.3. The topological polar surface area (TPSA) is 76.3 Å². The Hall–Kier alpha value is -3.34. The van der Waals surface area contributed by atoms with Crippen molar-refractivity contribution in [3.05, 3.63) is 71.7 Å². The van der Waals surface area contributed by atoms with Gasteiger partial charge in [-0.3, -0.25) is 0 Å². The highest BCUT2D eigenvalue weighted by molar-refractivity contribution is 5.85. The Morgan fingerprint density at radius 2 is 1.85 bits per heavy atom. The Morgan fingerprint density at radius 3 is 2.71 bits per heavy atom.